The summed E-state index contributed by atoms with van der Waals surface area (Å²) >= 11 is 0. The molecule has 0 N–H and O–H groups in total. The third-order valence-corrected chi connectivity index (χ3v) is 14.4. The summed E-state index contributed by atoms with van der Waals surface area (Å²) in [5.74, 6) is 1.64. The number of rotatable bonds is 4. The van der Waals surface area contributed by atoms with Gasteiger partial charge in [-0.15, -0.1) is 0 Å². The normalized spacial score (nSPS) is 14.0. The Kier molecular flexibility index (Phi) is 9.28. The predicted octanol–water partition coefficient (Wildman–Crippen LogP) is 15.2. The number of benzene rings is 8. The van der Waals surface area contributed by atoms with Gasteiger partial charge in [-0.3, -0.25) is 0 Å². The van der Waals surface area contributed by atoms with Crippen LogP contribution in [0.15, 0.2) is 182 Å². The summed E-state index contributed by atoms with van der Waals surface area (Å²) in [6, 6.07) is 67.5. The van der Waals surface area contributed by atoms with Crippen LogP contribution in [-0.4, -0.2) is 11.3 Å². The second kappa shape index (κ2) is 15.0. The molecule has 3 aliphatic heterocycles. The van der Waals surface area contributed by atoms with Crippen LogP contribution in [0.1, 0.15) is 79.0 Å². The molecule has 0 fully saturated rings. The molecule has 0 atom stereocenters. The van der Waals surface area contributed by atoms with Gasteiger partial charge in [-0.1, -0.05) is 153 Å². The van der Waals surface area contributed by atoms with Crippen molar-refractivity contribution in [1.29, 1.82) is 0 Å². The number of hydrogen-bond donors (Lipinski definition) is 0. The lowest BCUT2D eigenvalue weighted by atomic mass is 9.34. The van der Waals surface area contributed by atoms with E-state index < -0.39 is 0 Å². The topological polar surface area (TPSA) is 23.9 Å². The van der Waals surface area contributed by atoms with Crippen LogP contribution in [0.5, 0.6) is 11.5 Å². The Labute approximate surface area is 402 Å². The molecule has 12 rings (SSSR count). The molecule has 334 valence electrons. The number of aromatic nitrogens is 1. The van der Waals surface area contributed by atoms with Crippen LogP contribution >= 0.6 is 0 Å². The van der Waals surface area contributed by atoms with Gasteiger partial charge >= 0.3 is 0 Å². The fourth-order valence-corrected chi connectivity index (χ4v) is 10.9. The molecule has 0 bridgehead atoms. The zero-order chi connectivity index (χ0) is 46.9. The van der Waals surface area contributed by atoms with Gasteiger partial charge in [0.1, 0.15) is 0 Å². The average molecular weight is 885 g/mol. The fourth-order valence-electron chi connectivity index (χ4n) is 10.9. The maximum Gasteiger partial charge on any atom is 0.273 e. The molecule has 8 aromatic carbocycles. The number of hydrogen-bond acceptors (Lipinski definition) is 4. The molecule has 0 unspecified atom stereocenters. The molecule has 0 spiro atoms. The van der Waals surface area contributed by atoms with Crippen LogP contribution in [0, 0.1) is 0 Å². The van der Waals surface area contributed by atoms with E-state index in [9.17, 15) is 0 Å². The Morgan fingerprint density at radius 3 is 1.50 bits per heavy atom. The predicted molar refractivity (Wildman–Crippen MR) is 288 cm³/mol. The Bertz CT molecular complexity index is 3430. The molecule has 0 amide bonds. The van der Waals surface area contributed by atoms with E-state index in [0.29, 0.717) is 0 Å². The molecular weight excluding hydrogens is 828 g/mol. The summed E-state index contributed by atoms with van der Waals surface area (Å²) in [5, 5.41) is 1.15. The monoisotopic (exact) mass is 884 g/mol. The molecule has 68 heavy (non-hydrogen) atoms. The minimum atomic E-state index is -0.128. The van der Waals surface area contributed by atoms with Crippen molar-refractivity contribution in [3.63, 3.8) is 0 Å². The highest BCUT2D eigenvalue weighted by molar-refractivity contribution is 7.00. The number of fused-ring (bicyclic) bond motifs is 8. The molecule has 9 aromatic rings. The van der Waals surface area contributed by atoms with Gasteiger partial charge in [-0.05, 0) is 129 Å². The molecule has 4 heterocycles. The first-order valence-corrected chi connectivity index (χ1v) is 24.1. The number of ether oxygens (including phenoxy) is 1. The van der Waals surface area contributed by atoms with E-state index in [-0.39, 0.29) is 23.0 Å². The van der Waals surface area contributed by atoms with Crippen LogP contribution in [0.2, 0.25) is 0 Å². The quantitative estimate of drug-likeness (QED) is 0.164. The van der Waals surface area contributed by atoms with E-state index in [2.05, 4.69) is 264 Å². The molecule has 5 nitrogen and oxygen atoms in total. The number of anilines is 9. The average Bonchev–Trinajstić information content (AvgIpc) is 3.65. The molecule has 1 aromatic heterocycles. The minimum Gasteiger partial charge on any atom is -0.453 e. The Morgan fingerprint density at radius 1 is 0.382 bits per heavy atom. The van der Waals surface area contributed by atoms with Gasteiger partial charge in [0.25, 0.3) is 6.71 Å². The largest absolute Gasteiger partial charge is 0.453 e. The highest BCUT2D eigenvalue weighted by atomic mass is 16.5. The van der Waals surface area contributed by atoms with Crippen molar-refractivity contribution in [3.8, 4) is 17.2 Å². The van der Waals surface area contributed by atoms with E-state index in [4.69, 9.17) is 4.74 Å². The summed E-state index contributed by atoms with van der Waals surface area (Å²) in [5.41, 5.74) is 20.0. The highest BCUT2D eigenvalue weighted by Gasteiger charge is 2.47. The van der Waals surface area contributed by atoms with Crippen molar-refractivity contribution in [3.05, 3.63) is 199 Å². The summed E-state index contributed by atoms with van der Waals surface area (Å²) in [7, 11) is 0. The van der Waals surface area contributed by atoms with Gasteiger partial charge in [0.2, 0.25) is 0 Å². The fraction of sp³-hybridized carbons (Fsp3) is 0.194. The van der Waals surface area contributed by atoms with Gasteiger partial charge < -0.3 is 24.0 Å². The van der Waals surface area contributed by atoms with Crippen LogP contribution in [0.4, 0.5) is 51.2 Å². The van der Waals surface area contributed by atoms with Gasteiger partial charge in [0, 0.05) is 56.9 Å². The lowest BCUT2D eigenvalue weighted by molar-refractivity contribution is 0.477. The van der Waals surface area contributed by atoms with Crippen molar-refractivity contribution >= 4 is 85.3 Å². The minimum absolute atomic E-state index is 0.000304. The lowest BCUT2D eigenvalue weighted by Gasteiger charge is -2.44. The maximum absolute atomic E-state index is 6.99. The van der Waals surface area contributed by atoms with Crippen molar-refractivity contribution in [2.24, 2.45) is 0 Å². The lowest BCUT2D eigenvalue weighted by Crippen LogP contribution is -2.63. The SMILES string of the molecule is CC(C)(C)c1ccc(N2c3ccc(C(C)(C)C)cc3B3c4c2cccc4N(c2ccc(C(C)(C)C)cc2)c2c3n(-c3ccccc3)c3cc4c(cc23)N(c2ccccc2)c2ccccc2O4)cc1. The maximum atomic E-state index is 6.99. The Morgan fingerprint density at radius 2 is 0.882 bits per heavy atom. The van der Waals surface area contributed by atoms with Gasteiger partial charge in [-0.2, -0.15) is 0 Å². The molecule has 6 heteroatoms. The summed E-state index contributed by atoms with van der Waals surface area (Å²) in [4.78, 5) is 7.45. The first kappa shape index (κ1) is 42.0. The molecule has 0 aliphatic carbocycles. The van der Waals surface area contributed by atoms with E-state index in [1.807, 2.05) is 0 Å². The molecule has 0 saturated carbocycles. The summed E-state index contributed by atoms with van der Waals surface area (Å²) in [6.07, 6.45) is 0. The number of nitrogens with zero attached hydrogens (tertiary/aromatic N) is 4. The van der Waals surface area contributed by atoms with Crippen LogP contribution in [0.3, 0.4) is 0 Å². The molecule has 0 saturated heterocycles. The van der Waals surface area contributed by atoms with E-state index in [1.165, 1.54) is 56.0 Å². The van der Waals surface area contributed by atoms with E-state index in [0.717, 1.165) is 56.5 Å². The summed E-state index contributed by atoms with van der Waals surface area (Å²) in [6.45, 7) is 20.6. The van der Waals surface area contributed by atoms with Gasteiger partial charge in [0.05, 0.1) is 22.6 Å². The molecule has 3 aliphatic rings. The van der Waals surface area contributed by atoms with E-state index >= 15 is 0 Å². The van der Waals surface area contributed by atoms with Crippen molar-refractivity contribution in [1.82, 2.24) is 4.57 Å². The van der Waals surface area contributed by atoms with Gasteiger partial charge in [0.15, 0.2) is 11.5 Å². The van der Waals surface area contributed by atoms with Crippen LogP contribution in [0.25, 0.3) is 16.6 Å². The van der Waals surface area contributed by atoms with Crippen molar-refractivity contribution < 1.29 is 4.74 Å². The molecular formula is C62H57BN4O. The smallest absolute Gasteiger partial charge is 0.273 e. The second-order valence-corrected chi connectivity index (χ2v) is 21.9. The third kappa shape index (κ3) is 6.52. The second-order valence-electron chi connectivity index (χ2n) is 21.9. The van der Waals surface area contributed by atoms with Crippen LogP contribution < -0.4 is 36.0 Å². The standard InChI is InChI=1S/C62H57BN4O/c1-60(2,3)40-27-32-45(33-28-40)64-49-36-31-42(62(7,8)9)37-48(49)63-57-51(64)24-18-25-52(57)66(46-34-29-41(30-35-46)61(4,5)6)58-47-38-54-56(39-53(47)67(59(58)63)44-21-14-11-15-22-44)68-55-26-17-16-23-50(55)65(54)43-19-12-10-13-20-43/h10-39H,1-9H3. The number of para-hydroxylation sites is 4. The third-order valence-electron chi connectivity index (χ3n) is 14.4. The first-order valence-electron chi connectivity index (χ1n) is 24.1. The zero-order valence-electron chi connectivity index (χ0n) is 40.6. The van der Waals surface area contributed by atoms with E-state index in [1.54, 1.807) is 0 Å². The van der Waals surface area contributed by atoms with Gasteiger partial charge in [-0.25, -0.2) is 0 Å². The highest BCUT2D eigenvalue weighted by Crippen LogP contribution is 2.54. The zero-order valence-corrected chi connectivity index (χ0v) is 40.6. The molecule has 0 radical (unpaired) electrons. The Hall–Kier alpha value is -7.44. The first-order chi connectivity index (χ1) is 32.6. The summed E-state index contributed by atoms with van der Waals surface area (Å²) < 4.78 is 9.53. The van der Waals surface area contributed by atoms with Crippen molar-refractivity contribution in [2.75, 3.05) is 14.7 Å². The van der Waals surface area contributed by atoms with Crippen molar-refractivity contribution in [2.45, 2.75) is 78.6 Å². The Balaban J connectivity index is 1.22. The van der Waals surface area contributed by atoms with Crippen LogP contribution in [-0.2, 0) is 16.2 Å².